The Morgan fingerprint density at radius 1 is 1.18 bits per heavy atom. The van der Waals surface area contributed by atoms with Crippen molar-refractivity contribution < 1.29 is 24.2 Å². The van der Waals surface area contributed by atoms with E-state index in [0.717, 1.165) is 44.1 Å². The van der Waals surface area contributed by atoms with Crippen LogP contribution in [0.1, 0.15) is 69.9 Å². The lowest BCUT2D eigenvalue weighted by Crippen LogP contribution is -2.57. The van der Waals surface area contributed by atoms with Crippen LogP contribution in [0.4, 0.5) is 0 Å². The Morgan fingerprint density at radius 2 is 1.90 bits per heavy atom. The smallest absolute Gasteiger partial charge is 0.311 e. The average Bonchev–Trinajstić information content (AvgIpc) is 3.54. The standard InChI is InChI=1S/C32H42N2O5S/c1-4-6-20-39-30(38)26-25-28(36)34(24(21-35)22-13-9-7-10-14-22)27(32(25)18-17-31(26,3)40-32)29(37)33(19-5-2)23-15-11-8-12-16-23/h4-5,7,9-10,13-14,23-27,35H,1-2,6,8,11-12,15-21H2,3H3/t24-,25+,26+,27?,31-,32?/m1/s1. The Balaban J connectivity index is 1.60. The second-order valence-electron chi connectivity index (χ2n) is 11.9. The van der Waals surface area contributed by atoms with E-state index in [4.69, 9.17) is 4.74 Å². The van der Waals surface area contributed by atoms with Gasteiger partial charge in [0.2, 0.25) is 11.8 Å². The molecule has 1 N–H and O–H groups in total. The molecule has 216 valence electrons. The molecule has 40 heavy (non-hydrogen) atoms. The van der Waals surface area contributed by atoms with Crippen molar-refractivity contribution in [2.75, 3.05) is 19.8 Å². The summed E-state index contributed by atoms with van der Waals surface area (Å²) >= 11 is 1.64. The molecule has 5 rings (SSSR count). The Hall–Kier alpha value is -2.58. The second kappa shape index (κ2) is 11.7. The van der Waals surface area contributed by atoms with E-state index in [1.807, 2.05) is 42.2 Å². The summed E-state index contributed by atoms with van der Waals surface area (Å²) in [6, 6.07) is 8.03. The maximum absolute atomic E-state index is 14.8. The molecule has 4 fully saturated rings. The highest BCUT2D eigenvalue weighted by Gasteiger charge is 2.78. The molecule has 2 bridgehead atoms. The molecule has 4 aliphatic rings. The number of rotatable bonds is 11. The predicted molar refractivity (Wildman–Crippen MR) is 156 cm³/mol. The predicted octanol–water partition coefficient (Wildman–Crippen LogP) is 4.67. The van der Waals surface area contributed by atoms with Gasteiger partial charge in [0.05, 0.1) is 35.8 Å². The van der Waals surface area contributed by atoms with E-state index in [1.165, 1.54) is 0 Å². The molecule has 3 aliphatic heterocycles. The first-order chi connectivity index (χ1) is 19.3. The number of aliphatic hydroxyl groups excluding tert-OH is 1. The Kier molecular flexibility index (Phi) is 8.48. The number of thioether (sulfide) groups is 1. The first-order valence-electron chi connectivity index (χ1n) is 14.7. The van der Waals surface area contributed by atoms with Gasteiger partial charge in [-0.15, -0.1) is 24.9 Å². The van der Waals surface area contributed by atoms with Gasteiger partial charge in [0, 0.05) is 17.3 Å². The van der Waals surface area contributed by atoms with Crippen LogP contribution in [0.5, 0.6) is 0 Å². The molecule has 8 heteroatoms. The zero-order valence-electron chi connectivity index (χ0n) is 23.5. The third-order valence-electron chi connectivity index (χ3n) is 9.59. The summed E-state index contributed by atoms with van der Waals surface area (Å²) in [6.07, 6.45) is 10.6. The molecule has 2 unspecified atom stereocenters. The Morgan fingerprint density at radius 3 is 2.55 bits per heavy atom. The van der Waals surface area contributed by atoms with Crippen LogP contribution in [-0.2, 0) is 19.1 Å². The summed E-state index contributed by atoms with van der Waals surface area (Å²) in [5.41, 5.74) is 0.774. The van der Waals surface area contributed by atoms with Crippen molar-refractivity contribution in [3.8, 4) is 0 Å². The summed E-state index contributed by atoms with van der Waals surface area (Å²) in [6.45, 7) is 10.0. The number of carbonyl (C=O) groups is 3. The fourth-order valence-electron chi connectivity index (χ4n) is 7.81. The van der Waals surface area contributed by atoms with Crippen LogP contribution in [0.2, 0.25) is 0 Å². The molecule has 1 aromatic rings. The Bertz CT molecular complexity index is 1140. The third kappa shape index (κ3) is 4.71. The van der Waals surface area contributed by atoms with E-state index >= 15 is 0 Å². The first-order valence-corrected chi connectivity index (χ1v) is 15.5. The van der Waals surface area contributed by atoms with Gasteiger partial charge in [-0.05, 0) is 44.6 Å². The van der Waals surface area contributed by atoms with Crippen molar-refractivity contribution in [3.63, 3.8) is 0 Å². The molecule has 3 saturated heterocycles. The molecule has 0 aromatic heterocycles. The van der Waals surface area contributed by atoms with Crippen LogP contribution in [0.25, 0.3) is 0 Å². The van der Waals surface area contributed by atoms with Crippen molar-refractivity contribution in [2.24, 2.45) is 11.8 Å². The van der Waals surface area contributed by atoms with Crippen molar-refractivity contribution in [3.05, 3.63) is 61.2 Å². The first kappa shape index (κ1) is 28.9. The van der Waals surface area contributed by atoms with Gasteiger partial charge in [-0.1, -0.05) is 61.7 Å². The molecule has 1 aromatic carbocycles. The molecule has 0 radical (unpaired) electrons. The fourth-order valence-corrected chi connectivity index (χ4v) is 10.1. The maximum atomic E-state index is 14.8. The molecule has 2 amide bonds. The molecule has 3 heterocycles. The summed E-state index contributed by atoms with van der Waals surface area (Å²) in [4.78, 5) is 46.6. The van der Waals surface area contributed by atoms with E-state index in [0.29, 0.717) is 19.4 Å². The lowest BCUT2D eigenvalue weighted by Gasteiger charge is -2.42. The highest BCUT2D eigenvalue weighted by Crippen LogP contribution is 2.72. The van der Waals surface area contributed by atoms with Gasteiger partial charge in [-0.2, -0.15) is 0 Å². The Labute approximate surface area is 242 Å². The van der Waals surface area contributed by atoms with Crippen molar-refractivity contribution in [2.45, 2.75) is 85.9 Å². The van der Waals surface area contributed by atoms with Gasteiger partial charge in [0.15, 0.2) is 0 Å². The van der Waals surface area contributed by atoms with Gasteiger partial charge >= 0.3 is 5.97 Å². The molecule has 1 spiro atoms. The minimum Gasteiger partial charge on any atom is -0.465 e. The summed E-state index contributed by atoms with van der Waals surface area (Å²) in [7, 11) is 0. The van der Waals surface area contributed by atoms with Crippen LogP contribution < -0.4 is 0 Å². The molecule has 1 saturated carbocycles. The van der Waals surface area contributed by atoms with Crippen LogP contribution in [0.15, 0.2) is 55.6 Å². The number of carbonyl (C=O) groups excluding carboxylic acids is 3. The molecule has 6 atom stereocenters. The summed E-state index contributed by atoms with van der Waals surface area (Å²) in [5.74, 6) is -2.03. The quantitative estimate of drug-likeness (QED) is 0.238. The zero-order valence-corrected chi connectivity index (χ0v) is 24.3. The minimum absolute atomic E-state index is 0.0885. The van der Waals surface area contributed by atoms with Gasteiger partial charge in [0.25, 0.3) is 0 Å². The van der Waals surface area contributed by atoms with Crippen LogP contribution in [0.3, 0.4) is 0 Å². The van der Waals surface area contributed by atoms with Gasteiger partial charge in [-0.3, -0.25) is 14.4 Å². The van der Waals surface area contributed by atoms with E-state index in [2.05, 4.69) is 13.2 Å². The topological polar surface area (TPSA) is 87.1 Å². The molecule has 7 nitrogen and oxygen atoms in total. The number of ether oxygens (including phenoxy) is 1. The van der Waals surface area contributed by atoms with Gasteiger partial charge in [0.1, 0.15) is 6.04 Å². The average molecular weight is 567 g/mol. The minimum atomic E-state index is -0.790. The largest absolute Gasteiger partial charge is 0.465 e. The van der Waals surface area contributed by atoms with E-state index < -0.39 is 33.4 Å². The second-order valence-corrected chi connectivity index (χ2v) is 13.8. The number of fused-ring (bicyclic) bond motifs is 1. The van der Waals surface area contributed by atoms with Crippen LogP contribution in [-0.4, -0.2) is 74.0 Å². The summed E-state index contributed by atoms with van der Waals surface area (Å²) < 4.78 is 4.41. The maximum Gasteiger partial charge on any atom is 0.311 e. The molecule has 1 aliphatic carbocycles. The molecular weight excluding hydrogens is 524 g/mol. The van der Waals surface area contributed by atoms with E-state index in [1.54, 1.807) is 28.8 Å². The summed E-state index contributed by atoms with van der Waals surface area (Å²) in [5, 5.41) is 10.7. The highest BCUT2D eigenvalue weighted by molar-refractivity contribution is 8.02. The third-order valence-corrected chi connectivity index (χ3v) is 11.6. The number of aliphatic hydroxyl groups is 1. The van der Waals surface area contributed by atoms with Crippen LogP contribution in [0, 0.1) is 11.8 Å². The number of benzene rings is 1. The number of amides is 2. The number of hydrogen-bond donors (Lipinski definition) is 1. The monoisotopic (exact) mass is 566 g/mol. The number of likely N-dealkylation sites (tertiary alicyclic amines) is 1. The zero-order chi connectivity index (χ0) is 28.5. The normalized spacial score (nSPS) is 32.0. The van der Waals surface area contributed by atoms with Crippen LogP contribution >= 0.6 is 11.8 Å². The number of esters is 1. The van der Waals surface area contributed by atoms with Crippen molar-refractivity contribution in [1.82, 2.24) is 9.80 Å². The molecular formula is C32H42N2O5S. The van der Waals surface area contributed by atoms with Crippen molar-refractivity contribution in [1.29, 1.82) is 0 Å². The number of hydrogen-bond acceptors (Lipinski definition) is 6. The highest BCUT2D eigenvalue weighted by atomic mass is 32.2. The number of nitrogens with zero attached hydrogens (tertiary/aromatic N) is 2. The SMILES string of the molecule is C=CCCOC(=O)[C@@H]1[C@H]2C(=O)N([C@H](CO)c3ccccc3)C(C(=O)N(CC=C)C3CCCCC3)C23CC[C@@]1(C)S3. The van der Waals surface area contributed by atoms with E-state index in [9.17, 15) is 19.5 Å². The fraction of sp³-hybridized carbons (Fsp3) is 0.594. The van der Waals surface area contributed by atoms with Gasteiger partial charge < -0.3 is 19.6 Å². The van der Waals surface area contributed by atoms with Gasteiger partial charge in [-0.25, -0.2) is 0 Å². The van der Waals surface area contributed by atoms with E-state index in [-0.39, 0.29) is 37.0 Å². The van der Waals surface area contributed by atoms with Crippen molar-refractivity contribution >= 4 is 29.5 Å². The lowest BCUT2D eigenvalue weighted by atomic mass is 9.66. The lowest BCUT2D eigenvalue weighted by molar-refractivity contribution is -0.156.